The summed E-state index contributed by atoms with van der Waals surface area (Å²) in [5.41, 5.74) is 0. The van der Waals surface area contributed by atoms with E-state index < -0.39 is 5.97 Å². The minimum atomic E-state index is -0.748. The van der Waals surface area contributed by atoms with Crippen molar-refractivity contribution in [1.29, 1.82) is 0 Å². The first kappa shape index (κ1) is 9.78. The molecule has 3 nitrogen and oxygen atoms in total. The van der Waals surface area contributed by atoms with E-state index in [0.717, 1.165) is 12.2 Å². The number of carboxylic acids is 1. The van der Waals surface area contributed by atoms with Crippen molar-refractivity contribution in [2.45, 2.75) is 6.42 Å². The summed E-state index contributed by atoms with van der Waals surface area (Å²) in [6.07, 6.45) is 0.925. The van der Waals surface area contributed by atoms with E-state index in [1.165, 1.54) is 11.8 Å². The second-order valence-corrected chi connectivity index (χ2v) is 2.90. The fourth-order valence-electron chi connectivity index (χ4n) is 0.465. The number of hydrogen-bond acceptors (Lipinski definition) is 3. The summed E-state index contributed by atoms with van der Waals surface area (Å²) in [6.45, 7) is 0.715. The Morgan fingerprint density at radius 3 is 2.90 bits per heavy atom. The van der Waals surface area contributed by atoms with Gasteiger partial charge in [0.15, 0.2) is 0 Å². The van der Waals surface area contributed by atoms with Crippen LogP contribution in [-0.2, 0) is 9.53 Å². The van der Waals surface area contributed by atoms with Crippen LogP contribution >= 0.6 is 11.8 Å². The molecule has 0 aliphatic carbocycles. The van der Waals surface area contributed by atoms with E-state index in [1.54, 1.807) is 7.11 Å². The van der Waals surface area contributed by atoms with E-state index in [0.29, 0.717) is 6.61 Å². The second kappa shape index (κ2) is 6.89. The molecule has 0 bridgehead atoms. The Balaban J connectivity index is 2.84. The third kappa shape index (κ3) is 7.78. The van der Waals surface area contributed by atoms with Gasteiger partial charge in [-0.2, -0.15) is 11.8 Å². The van der Waals surface area contributed by atoms with E-state index in [2.05, 4.69) is 0 Å². The van der Waals surface area contributed by atoms with E-state index in [-0.39, 0.29) is 5.75 Å². The molecular formula is C6H12O3S. The van der Waals surface area contributed by atoms with Crippen molar-refractivity contribution in [2.75, 3.05) is 25.2 Å². The molecule has 60 valence electrons. The Bertz CT molecular complexity index is 95.0. The van der Waals surface area contributed by atoms with Crippen molar-refractivity contribution < 1.29 is 14.6 Å². The van der Waals surface area contributed by atoms with Crippen LogP contribution in [0.3, 0.4) is 0 Å². The molecule has 0 saturated heterocycles. The maximum absolute atomic E-state index is 9.98. The van der Waals surface area contributed by atoms with Crippen LogP contribution in [0.15, 0.2) is 0 Å². The van der Waals surface area contributed by atoms with Crippen LogP contribution in [0.4, 0.5) is 0 Å². The maximum atomic E-state index is 9.98. The van der Waals surface area contributed by atoms with Gasteiger partial charge in [-0.25, -0.2) is 0 Å². The largest absolute Gasteiger partial charge is 0.481 e. The van der Waals surface area contributed by atoms with Gasteiger partial charge in [0.1, 0.15) is 0 Å². The van der Waals surface area contributed by atoms with E-state index in [1.807, 2.05) is 0 Å². The third-order valence-electron chi connectivity index (χ3n) is 0.863. The number of carbonyl (C=O) groups is 1. The molecule has 0 aliphatic rings. The first-order valence-electron chi connectivity index (χ1n) is 3.06. The molecule has 0 heterocycles. The average Bonchev–Trinajstić information content (AvgIpc) is 1.87. The molecule has 1 N–H and O–H groups in total. The zero-order valence-electron chi connectivity index (χ0n) is 6.00. The smallest absolute Gasteiger partial charge is 0.313 e. The molecule has 0 radical (unpaired) electrons. The van der Waals surface area contributed by atoms with Gasteiger partial charge < -0.3 is 9.84 Å². The normalized spacial score (nSPS) is 9.70. The van der Waals surface area contributed by atoms with Gasteiger partial charge >= 0.3 is 5.97 Å². The topological polar surface area (TPSA) is 46.5 Å². The Hall–Kier alpha value is -0.220. The van der Waals surface area contributed by atoms with Crippen LogP contribution in [0.25, 0.3) is 0 Å². The summed E-state index contributed by atoms with van der Waals surface area (Å²) < 4.78 is 4.79. The van der Waals surface area contributed by atoms with Crippen molar-refractivity contribution >= 4 is 17.7 Å². The number of ether oxygens (including phenoxy) is 1. The lowest BCUT2D eigenvalue weighted by Crippen LogP contribution is -1.99. The van der Waals surface area contributed by atoms with Crippen LogP contribution < -0.4 is 0 Å². The van der Waals surface area contributed by atoms with Crippen molar-refractivity contribution in [3.63, 3.8) is 0 Å². The molecule has 0 spiro atoms. The first-order chi connectivity index (χ1) is 4.77. The molecule has 0 aliphatic heterocycles. The van der Waals surface area contributed by atoms with Gasteiger partial charge in [0.05, 0.1) is 5.75 Å². The van der Waals surface area contributed by atoms with E-state index in [9.17, 15) is 4.79 Å². The molecule has 0 rings (SSSR count). The summed E-state index contributed by atoms with van der Waals surface area (Å²) in [7, 11) is 1.64. The summed E-state index contributed by atoms with van der Waals surface area (Å²) in [4.78, 5) is 9.98. The number of rotatable bonds is 6. The summed E-state index contributed by atoms with van der Waals surface area (Å²) in [6, 6.07) is 0. The molecule has 0 aromatic heterocycles. The molecule has 0 unspecified atom stereocenters. The standard InChI is InChI=1S/C6H12O3S/c1-9-3-2-4-10-5-6(7)8/h2-5H2,1H3,(H,7,8). The number of hydrogen-bond donors (Lipinski definition) is 1. The minimum absolute atomic E-state index is 0.198. The molecule has 0 amide bonds. The van der Waals surface area contributed by atoms with Crippen LogP contribution in [0.2, 0.25) is 0 Å². The zero-order valence-corrected chi connectivity index (χ0v) is 6.82. The Morgan fingerprint density at radius 1 is 1.70 bits per heavy atom. The molecule has 0 aromatic rings. The fourth-order valence-corrected chi connectivity index (χ4v) is 1.11. The molecule has 4 heteroatoms. The van der Waals surface area contributed by atoms with Crippen LogP contribution in [0.1, 0.15) is 6.42 Å². The van der Waals surface area contributed by atoms with Crippen LogP contribution in [-0.4, -0.2) is 36.3 Å². The molecule has 0 saturated carbocycles. The third-order valence-corrected chi connectivity index (χ3v) is 1.89. The number of methoxy groups -OCH3 is 1. The lowest BCUT2D eigenvalue weighted by Gasteiger charge is -1.96. The molecule has 10 heavy (non-hydrogen) atoms. The quantitative estimate of drug-likeness (QED) is 0.591. The monoisotopic (exact) mass is 164 g/mol. The second-order valence-electron chi connectivity index (χ2n) is 1.79. The highest BCUT2D eigenvalue weighted by atomic mass is 32.2. The Kier molecular flexibility index (Phi) is 6.74. The van der Waals surface area contributed by atoms with Gasteiger partial charge in [-0.3, -0.25) is 4.79 Å². The van der Waals surface area contributed by atoms with Gasteiger partial charge in [-0.15, -0.1) is 0 Å². The summed E-state index contributed by atoms with van der Waals surface area (Å²) in [5, 5.41) is 8.22. The number of carboxylic acid groups (broad SMARTS) is 1. The van der Waals surface area contributed by atoms with Crippen molar-refractivity contribution in [1.82, 2.24) is 0 Å². The van der Waals surface area contributed by atoms with Crippen molar-refractivity contribution in [3.8, 4) is 0 Å². The number of thioether (sulfide) groups is 1. The van der Waals surface area contributed by atoms with Crippen LogP contribution in [0, 0.1) is 0 Å². The lowest BCUT2D eigenvalue weighted by molar-refractivity contribution is -0.133. The average molecular weight is 164 g/mol. The predicted octanol–water partition coefficient (Wildman–Crippen LogP) is 0.841. The molecule has 0 aromatic carbocycles. The van der Waals surface area contributed by atoms with Crippen LogP contribution in [0.5, 0.6) is 0 Å². The van der Waals surface area contributed by atoms with E-state index in [4.69, 9.17) is 9.84 Å². The highest BCUT2D eigenvalue weighted by Gasteiger charge is 1.95. The fraction of sp³-hybridized carbons (Fsp3) is 0.833. The summed E-state index contributed by atoms with van der Waals surface area (Å²) in [5.74, 6) is 0.312. The Labute approximate surface area is 64.8 Å². The lowest BCUT2D eigenvalue weighted by atomic mass is 10.5. The first-order valence-corrected chi connectivity index (χ1v) is 4.21. The van der Waals surface area contributed by atoms with Gasteiger partial charge in [0.2, 0.25) is 0 Å². The highest BCUT2D eigenvalue weighted by Crippen LogP contribution is 2.00. The van der Waals surface area contributed by atoms with Crippen molar-refractivity contribution in [2.24, 2.45) is 0 Å². The highest BCUT2D eigenvalue weighted by molar-refractivity contribution is 7.99. The van der Waals surface area contributed by atoms with E-state index >= 15 is 0 Å². The van der Waals surface area contributed by atoms with Gasteiger partial charge in [0.25, 0.3) is 0 Å². The zero-order chi connectivity index (χ0) is 7.82. The Morgan fingerprint density at radius 2 is 2.40 bits per heavy atom. The number of aliphatic carboxylic acids is 1. The van der Waals surface area contributed by atoms with Gasteiger partial charge in [-0.1, -0.05) is 0 Å². The SMILES string of the molecule is COCCCSCC(=O)O. The maximum Gasteiger partial charge on any atom is 0.313 e. The summed E-state index contributed by atoms with van der Waals surface area (Å²) >= 11 is 1.42. The molecule has 0 atom stereocenters. The van der Waals surface area contributed by atoms with Gasteiger partial charge in [-0.05, 0) is 12.2 Å². The van der Waals surface area contributed by atoms with Crippen molar-refractivity contribution in [3.05, 3.63) is 0 Å². The molecule has 0 fully saturated rings. The van der Waals surface area contributed by atoms with Gasteiger partial charge in [0, 0.05) is 13.7 Å². The predicted molar refractivity (Wildman–Crippen MR) is 41.5 cm³/mol. The minimum Gasteiger partial charge on any atom is -0.481 e. The molecular weight excluding hydrogens is 152 g/mol.